The smallest absolute Gasteiger partial charge is 0.127 e. The SMILES string of the molecule is Nc1cc(-c2ccc3ccccc3c2)nn1-c1ccccc1. The van der Waals surface area contributed by atoms with Gasteiger partial charge in [0.2, 0.25) is 0 Å². The highest BCUT2D eigenvalue weighted by Crippen LogP contribution is 2.26. The molecule has 1 heterocycles. The molecule has 0 aliphatic rings. The Morgan fingerprint density at radius 1 is 0.727 bits per heavy atom. The van der Waals surface area contributed by atoms with Crippen molar-refractivity contribution < 1.29 is 0 Å². The summed E-state index contributed by atoms with van der Waals surface area (Å²) in [6.45, 7) is 0. The molecule has 4 rings (SSSR count). The van der Waals surface area contributed by atoms with E-state index >= 15 is 0 Å². The Hall–Kier alpha value is -3.07. The van der Waals surface area contributed by atoms with Gasteiger partial charge in [-0.15, -0.1) is 0 Å². The van der Waals surface area contributed by atoms with Crippen LogP contribution in [-0.4, -0.2) is 9.78 Å². The van der Waals surface area contributed by atoms with Crippen LogP contribution >= 0.6 is 0 Å². The van der Waals surface area contributed by atoms with Crippen LogP contribution in [0.2, 0.25) is 0 Å². The lowest BCUT2D eigenvalue weighted by atomic mass is 10.1. The molecule has 0 aliphatic carbocycles. The van der Waals surface area contributed by atoms with Crippen LogP contribution in [0, 0.1) is 0 Å². The van der Waals surface area contributed by atoms with Crippen molar-refractivity contribution in [2.24, 2.45) is 0 Å². The summed E-state index contributed by atoms with van der Waals surface area (Å²) in [4.78, 5) is 0. The zero-order valence-electron chi connectivity index (χ0n) is 12.0. The number of para-hydroxylation sites is 1. The lowest BCUT2D eigenvalue weighted by molar-refractivity contribution is 0.895. The maximum absolute atomic E-state index is 6.12. The highest BCUT2D eigenvalue weighted by Gasteiger charge is 2.09. The Balaban J connectivity index is 1.82. The number of rotatable bonds is 2. The molecule has 0 amide bonds. The number of nitrogen functional groups attached to an aromatic ring is 1. The lowest BCUT2D eigenvalue weighted by Gasteiger charge is -2.03. The number of aromatic nitrogens is 2. The van der Waals surface area contributed by atoms with Crippen LogP contribution in [0.15, 0.2) is 78.9 Å². The second kappa shape index (κ2) is 5.04. The fourth-order valence-corrected chi connectivity index (χ4v) is 2.66. The summed E-state index contributed by atoms with van der Waals surface area (Å²) in [6.07, 6.45) is 0. The van der Waals surface area contributed by atoms with Crippen molar-refractivity contribution in [3.63, 3.8) is 0 Å². The van der Waals surface area contributed by atoms with E-state index in [-0.39, 0.29) is 0 Å². The van der Waals surface area contributed by atoms with Crippen LogP contribution in [0.1, 0.15) is 0 Å². The van der Waals surface area contributed by atoms with Gasteiger partial charge in [0.25, 0.3) is 0 Å². The summed E-state index contributed by atoms with van der Waals surface area (Å²) in [5.74, 6) is 0.634. The first-order valence-electron chi connectivity index (χ1n) is 7.21. The van der Waals surface area contributed by atoms with Gasteiger partial charge in [0, 0.05) is 11.6 Å². The van der Waals surface area contributed by atoms with Crippen LogP contribution < -0.4 is 5.73 Å². The van der Waals surface area contributed by atoms with Crippen molar-refractivity contribution >= 4 is 16.6 Å². The normalized spacial score (nSPS) is 10.9. The summed E-state index contributed by atoms with van der Waals surface area (Å²) in [5, 5.41) is 7.07. The minimum Gasteiger partial charge on any atom is -0.384 e. The summed E-state index contributed by atoms with van der Waals surface area (Å²) in [6, 6.07) is 26.5. The standard InChI is InChI=1S/C19H15N3/c20-19-13-18(21-22(19)17-8-2-1-3-9-17)16-11-10-14-6-4-5-7-15(14)12-16/h1-13H,20H2. The van der Waals surface area contributed by atoms with E-state index in [0.29, 0.717) is 5.82 Å². The molecule has 4 aromatic rings. The fourth-order valence-electron chi connectivity index (χ4n) is 2.66. The average molecular weight is 285 g/mol. The van der Waals surface area contributed by atoms with Gasteiger partial charge in [-0.05, 0) is 29.0 Å². The number of anilines is 1. The van der Waals surface area contributed by atoms with Gasteiger partial charge in [-0.3, -0.25) is 0 Å². The van der Waals surface area contributed by atoms with E-state index in [0.717, 1.165) is 16.9 Å². The highest BCUT2D eigenvalue weighted by atomic mass is 15.3. The van der Waals surface area contributed by atoms with Crippen LogP contribution in [0.4, 0.5) is 5.82 Å². The molecule has 0 atom stereocenters. The number of fused-ring (bicyclic) bond motifs is 1. The molecule has 0 unspecified atom stereocenters. The van der Waals surface area contributed by atoms with Gasteiger partial charge in [-0.1, -0.05) is 54.6 Å². The molecule has 106 valence electrons. The molecule has 0 saturated heterocycles. The molecule has 0 aliphatic heterocycles. The lowest BCUT2D eigenvalue weighted by Crippen LogP contribution is -2.01. The first-order valence-corrected chi connectivity index (χ1v) is 7.21. The van der Waals surface area contributed by atoms with Crippen molar-refractivity contribution in [1.82, 2.24) is 9.78 Å². The second-order valence-electron chi connectivity index (χ2n) is 5.26. The third-order valence-corrected chi connectivity index (χ3v) is 3.78. The van der Waals surface area contributed by atoms with E-state index < -0.39 is 0 Å². The van der Waals surface area contributed by atoms with Gasteiger partial charge >= 0.3 is 0 Å². The molecule has 22 heavy (non-hydrogen) atoms. The number of nitrogens with two attached hydrogens (primary N) is 1. The largest absolute Gasteiger partial charge is 0.384 e. The van der Waals surface area contributed by atoms with Gasteiger partial charge in [-0.25, -0.2) is 4.68 Å². The second-order valence-corrected chi connectivity index (χ2v) is 5.26. The minimum atomic E-state index is 0.634. The molecular formula is C19H15N3. The van der Waals surface area contributed by atoms with Crippen LogP contribution in [0.5, 0.6) is 0 Å². The van der Waals surface area contributed by atoms with E-state index in [1.165, 1.54) is 10.8 Å². The van der Waals surface area contributed by atoms with Gasteiger partial charge in [-0.2, -0.15) is 5.10 Å². The van der Waals surface area contributed by atoms with E-state index in [2.05, 4.69) is 35.4 Å². The van der Waals surface area contributed by atoms with Crippen molar-refractivity contribution in [3.05, 3.63) is 78.9 Å². The highest BCUT2D eigenvalue weighted by molar-refractivity contribution is 5.87. The number of benzene rings is 3. The van der Waals surface area contributed by atoms with Crippen molar-refractivity contribution in [3.8, 4) is 16.9 Å². The molecule has 0 saturated carbocycles. The Morgan fingerprint density at radius 2 is 1.45 bits per heavy atom. The van der Waals surface area contributed by atoms with Crippen LogP contribution in [0.25, 0.3) is 27.7 Å². The van der Waals surface area contributed by atoms with Crippen molar-refractivity contribution in [2.75, 3.05) is 5.73 Å². The summed E-state index contributed by atoms with van der Waals surface area (Å²) in [7, 11) is 0. The molecule has 2 N–H and O–H groups in total. The zero-order chi connectivity index (χ0) is 14.9. The van der Waals surface area contributed by atoms with Gasteiger partial charge in [0.05, 0.1) is 11.4 Å². The maximum Gasteiger partial charge on any atom is 0.127 e. The molecule has 0 spiro atoms. The first kappa shape index (κ1) is 12.7. The monoisotopic (exact) mass is 285 g/mol. The minimum absolute atomic E-state index is 0.634. The Labute approximate surface area is 128 Å². The molecule has 3 heteroatoms. The van der Waals surface area contributed by atoms with Crippen molar-refractivity contribution in [2.45, 2.75) is 0 Å². The molecule has 3 nitrogen and oxygen atoms in total. The predicted molar refractivity (Wildman–Crippen MR) is 90.9 cm³/mol. The Bertz CT molecular complexity index is 939. The maximum atomic E-state index is 6.12. The third-order valence-electron chi connectivity index (χ3n) is 3.78. The zero-order valence-corrected chi connectivity index (χ0v) is 12.0. The molecular weight excluding hydrogens is 270 g/mol. The van der Waals surface area contributed by atoms with Crippen LogP contribution in [0.3, 0.4) is 0 Å². The fraction of sp³-hybridized carbons (Fsp3) is 0. The Morgan fingerprint density at radius 3 is 2.27 bits per heavy atom. The van der Waals surface area contributed by atoms with E-state index in [4.69, 9.17) is 5.73 Å². The van der Waals surface area contributed by atoms with Gasteiger partial charge in [0.1, 0.15) is 5.82 Å². The molecule has 1 aromatic heterocycles. The summed E-state index contributed by atoms with van der Waals surface area (Å²) < 4.78 is 1.77. The van der Waals surface area contributed by atoms with E-state index in [1.807, 2.05) is 48.5 Å². The summed E-state index contributed by atoms with van der Waals surface area (Å²) in [5.41, 5.74) is 9.04. The number of nitrogens with zero attached hydrogens (tertiary/aromatic N) is 2. The first-order chi connectivity index (χ1) is 10.8. The molecule has 3 aromatic carbocycles. The van der Waals surface area contributed by atoms with E-state index in [1.54, 1.807) is 4.68 Å². The Kier molecular flexibility index (Phi) is 2.90. The van der Waals surface area contributed by atoms with Crippen LogP contribution in [-0.2, 0) is 0 Å². The molecule has 0 bridgehead atoms. The third kappa shape index (κ3) is 2.13. The van der Waals surface area contributed by atoms with E-state index in [9.17, 15) is 0 Å². The predicted octanol–water partition coefficient (Wildman–Crippen LogP) is 4.27. The van der Waals surface area contributed by atoms with Gasteiger partial charge < -0.3 is 5.73 Å². The quantitative estimate of drug-likeness (QED) is 0.597. The van der Waals surface area contributed by atoms with Gasteiger partial charge in [0.15, 0.2) is 0 Å². The average Bonchev–Trinajstić information content (AvgIpc) is 2.97. The molecule has 0 fully saturated rings. The summed E-state index contributed by atoms with van der Waals surface area (Å²) >= 11 is 0. The molecule has 0 radical (unpaired) electrons. The topological polar surface area (TPSA) is 43.8 Å². The number of hydrogen-bond donors (Lipinski definition) is 1. The number of hydrogen-bond acceptors (Lipinski definition) is 2. The van der Waals surface area contributed by atoms with Crippen molar-refractivity contribution in [1.29, 1.82) is 0 Å².